The maximum Gasteiger partial charge on any atom is 0.239 e. The summed E-state index contributed by atoms with van der Waals surface area (Å²) < 4.78 is 23.5. The van der Waals surface area contributed by atoms with Crippen LogP contribution in [0.25, 0.3) is 0 Å². The lowest BCUT2D eigenvalue weighted by Crippen LogP contribution is -2.51. The zero-order chi connectivity index (χ0) is 19.7. The zero-order valence-corrected chi connectivity index (χ0v) is 16.9. The Hall–Kier alpha value is -1.89. The van der Waals surface area contributed by atoms with Crippen LogP contribution in [0.1, 0.15) is 38.3 Å². The standard InChI is InChI=1S/C19H28N2O4S/c1-6-21(15-9-10-26(24,25)12-15)18(23)19(4,5)17(22)20-16-11-13(2)7-8-14(16)3/h7-8,11,15H,6,9-10,12H2,1-5H3,(H,20,22). The second-order valence-electron chi connectivity index (χ2n) is 7.55. The van der Waals surface area contributed by atoms with Gasteiger partial charge in [-0.2, -0.15) is 0 Å². The number of amides is 2. The Morgan fingerprint density at radius 1 is 1.27 bits per heavy atom. The van der Waals surface area contributed by atoms with Gasteiger partial charge in [0.05, 0.1) is 11.5 Å². The predicted octanol–water partition coefficient (Wildman–Crippen LogP) is 2.30. The van der Waals surface area contributed by atoms with E-state index >= 15 is 0 Å². The van der Waals surface area contributed by atoms with Gasteiger partial charge in [0.2, 0.25) is 11.8 Å². The van der Waals surface area contributed by atoms with Gasteiger partial charge in [-0.25, -0.2) is 8.42 Å². The van der Waals surface area contributed by atoms with E-state index in [4.69, 9.17) is 0 Å². The third-order valence-corrected chi connectivity index (χ3v) is 6.74. The van der Waals surface area contributed by atoms with E-state index in [-0.39, 0.29) is 23.5 Å². The van der Waals surface area contributed by atoms with E-state index in [1.807, 2.05) is 39.0 Å². The van der Waals surface area contributed by atoms with Crippen LogP contribution in [0.3, 0.4) is 0 Å². The van der Waals surface area contributed by atoms with Crippen LogP contribution in [0.2, 0.25) is 0 Å². The molecule has 1 N–H and O–H groups in total. The van der Waals surface area contributed by atoms with Gasteiger partial charge in [-0.1, -0.05) is 12.1 Å². The summed E-state index contributed by atoms with van der Waals surface area (Å²) in [5.41, 5.74) is 1.32. The van der Waals surface area contributed by atoms with Crippen molar-refractivity contribution in [1.29, 1.82) is 0 Å². The Morgan fingerprint density at radius 2 is 1.92 bits per heavy atom. The SMILES string of the molecule is CCN(C(=O)C(C)(C)C(=O)Nc1cc(C)ccc1C)C1CCS(=O)(=O)C1. The smallest absolute Gasteiger partial charge is 0.239 e. The Morgan fingerprint density at radius 3 is 2.46 bits per heavy atom. The van der Waals surface area contributed by atoms with Crippen LogP contribution in [0.15, 0.2) is 18.2 Å². The summed E-state index contributed by atoms with van der Waals surface area (Å²) >= 11 is 0. The molecule has 0 spiro atoms. The maximum atomic E-state index is 13.0. The van der Waals surface area contributed by atoms with E-state index in [0.717, 1.165) is 11.1 Å². The van der Waals surface area contributed by atoms with Crippen molar-refractivity contribution in [2.24, 2.45) is 5.41 Å². The van der Waals surface area contributed by atoms with Gasteiger partial charge < -0.3 is 10.2 Å². The predicted molar refractivity (Wildman–Crippen MR) is 103 cm³/mol. The number of aryl methyl sites for hydroxylation is 2. The molecule has 1 unspecified atom stereocenters. The van der Waals surface area contributed by atoms with Crippen LogP contribution in [0.4, 0.5) is 5.69 Å². The minimum atomic E-state index is -3.10. The molecule has 1 saturated heterocycles. The molecule has 1 aliphatic rings. The third-order valence-electron chi connectivity index (χ3n) is 4.99. The van der Waals surface area contributed by atoms with Crippen LogP contribution in [0, 0.1) is 19.3 Å². The number of nitrogens with zero attached hydrogens (tertiary/aromatic N) is 1. The minimum absolute atomic E-state index is 0.0265. The monoisotopic (exact) mass is 380 g/mol. The number of carbonyl (C=O) groups is 2. The van der Waals surface area contributed by atoms with Crippen molar-refractivity contribution in [1.82, 2.24) is 4.90 Å². The first kappa shape index (κ1) is 20.4. The molecule has 26 heavy (non-hydrogen) atoms. The van der Waals surface area contributed by atoms with Crippen molar-refractivity contribution in [2.45, 2.75) is 47.1 Å². The second-order valence-corrected chi connectivity index (χ2v) is 9.77. The molecule has 1 heterocycles. The van der Waals surface area contributed by atoms with Crippen molar-refractivity contribution in [3.8, 4) is 0 Å². The highest BCUT2D eigenvalue weighted by Gasteiger charge is 2.43. The fourth-order valence-corrected chi connectivity index (χ4v) is 4.92. The van der Waals surface area contributed by atoms with Crippen molar-refractivity contribution in [2.75, 3.05) is 23.4 Å². The molecule has 1 aromatic carbocycles. The van der Waals surface area contributed by atoms with Gasteiger partial charge in [0, 0.05) is 18.3 Å². The molecule has 1 fully saturated rings. The van der Waals surface area contributed by atoms with Gasteiger partial charge in [0.15, 0.2) is 9.84 Å². The fourth-order valence-electron chi connectivity index (χ4n) is 3.19. The molecule has 1 atom stereocenters. The summed E-state index contributed by atoms with van der Waals surface area (Å²) in [4.78, 5) is 27.4. The van der Waals surface area contributed by atoms with E-state index in [2.05, 4.69) is 5.32 Å². The first-order valence-corrected chi connectivity index (χ1v) is 10.7. The number of rotatable bonds is 5. The van der Waals surface area contributed by atoms with Gasteiger partial charge in [0.1, 0.15) is 5.41 Å². The van der Waals surface area contributed by atoms with Crippen molar-refractivity contribution >= 4 is 27.3 Å². The van der Waals surface area contributed by atoms with E-state index < -0.39 is 21.2 Å². The van der Waals surface area contributed by atoms with E-state index in [1.165, 1.54) is 4.90 Å². The Balaban J connectivity index is 2.19. The average molecular weight is 381 g/mol. The summed E-state index contributed by atoms with van der Waals surface area (Å²) in [6.07, 6.45) is 0.427. The molecule has 0 aliphatic carbocycles. The molecule has 144 valence electrons. The molecule has 0 radical (unpaired) electrons. The highest BCUT2D eigenvalue weighted by atomic mass is 32.2. The fraction of sp³-hybridized carbons (Fsp3) is 0.579. The summed E-state index contributed by atoms with van der Waals surface area (Å²) in [6, 6.07) is 5.39. The Bertz CT molecular complexity index is 815. The maximum absolute atomic E-state index is 13.0. The van der Waals surface area contributed by atoms with Crippen molar-refractivity contribution in [3.63, 3.8) is 0 Å². The number of nitrogens with one attached hydrogen (secondary N) is 1. The first-order chi connectivity index (χ1) is 12.0. The third kappa shape index (κ3) is 4.26. The van der Waals surface area contributed by atoms with Gasteiger partial charge in [-0.3, -0.25) is 9.59 Å². The lowest BCUT2D eigenvalue weighted by atomic mass is 9.89. The summed E-state index contributed by atoms with van der Waals surface area (Å²) in [5.74, 6) is -0.668. The first-order valence-electron chi connectivity index (χ1n) is 8.88. The number of carbonyl (C=O) groups excluding carboxylic acids is 2. The van der Waals surface area contributed by atoms with Gasteiger partial charge in [0.25, 0.3) is 0 Å². The molecule has 0 aromatic heterocycles. The lowest BCUT2D eigenvalue weighted by molar-refractivity contribution is -0.147. The largest absolute Gasteiger partial charge is 0.338 e. The highest BCUT2D eigenvalue weighted by Crippen LogP contribution is 2.27. The summed E-state index contributed by atoms with van der Waals surface area (Å²) in [6.45, 7) is 9.18. The van der Waals surface area contributed by atoms with Gasteiger partial charge in [-0.15, -0.1) is 0 Å². The van der Waals surface area contributed by atoms with Crippen LogP contribution in [0.5, 0.6) is 0 Å². The second kappa shape index (κ2) is 7.39. The molecular formula is C19H28N2O4S. The zero-order valence-electron chi connectivity index (χ0n) is 16.1. The Kier molecular flexibility index (Phi) is 5.80. The van der Waals surface area contributed by atoms with E-state index in [0.29, 0.717) is 18.7 Å². The van der Waals surface area contributed by atoms with E-state index in [9.17, 15) is 18.0 Å². The normalized spacial score (nSPS) is 19.2. The highest BCUT2D eigenvalue weighted by molar-refractivity contribution is 7.91. The minimum Gasteiger partial charge on any atom is -0.338 e. The van der Waals surface area contributed by atoms with Crippen LogP contribution in [-0.2, 0) is 19.4 Å². The molecule has 7 heteroatoms. The van der Waals surface area contributed by atoms with Gasteiger partial charge >= 0.3 is 0 Å². The molecular weight excluding hydrogens is 352 g/mol. The number of hydrogen-bond acceptors (Lipinski definition) is 4. The molecule has 1 aliphatic heterocycles. The van der Waals surface area contributed by atoms with Crippen molar-refractivity contribution < 1.29 is 18.0 Å². The van der Waals surface area contributed by atoms with E-state index in [1.54, 1.807) is 13.8 Å². The van der Waals surface area contributed by atoms with Crippen molar-refractivity contribution in [3.05, 3.63) is 29.3 Å². The average Bonchev–Trinajstić information content (AvgIpc) is 2.91. The van der Waals surface area contributed by atoms with Gasteiger partial charge in [-0.05, 0) is 58.2 Å². The van der Waals surface area contributed by atoms with Crippen LogP contribution in [-0.4, -0.2) is 49.2 Å². The molecule has 1 aromatic rings. The Labute approximate surface area is 155 Å². The number of hydrogen-bond donors (Lipinski definition) is 1. The topological polar surface area (TPSA) is 83.6 Å². The molecule has 2 rings (SSSR count). The number of sulfone groups is 1. The number of benzene rings is 1. The quantitative estimate of drug-likeness (QED) is 0.795. The molecule has 0 bridgehead atoms. The van der Waals surface area contributed by atoms with Crippen LogP contribution >= 0.6 is 0 Å². The number of anilines is 1. The molecule has 6 nitrogen and oxygen atoms in total. The lowest BCUT2D eigenvalue weighted by Gasteiger charge is -2.34. The molecule has 2 amide bonds. The summed E-state index contributed by atoms with van der Waals surface area (Å²) in [7, 11) is -3.10. The molecule has 0 saturated carbocycles. The summed E-state index contributed by atoms with van der Waals surface area (Å²) in [5, 5.41) is 2.85. The van der Waals surface area contributed by atoms with Crippen LogP contribution < -0.4 is 5.32 Å².